The molecule has 244 valence electrons. The molecule has 4 rings (SSSR count). The number of nitrogens with two attached hydrogens (primary N) is 5. The largest absolute Gasteiger partial charge is 0.394 e. The maximum atomic E-state index is 12.5. The van der Waals surface area contributed by atoms with E-state index in [1.807, 2.05) is 0 Å². The number of Topliss-reactive ketones (excluding diaryl/α,β-unsaturated/α-hetero) is 1. The van der Waals surface area contributed by atoms with Crippen molar-refractivity contribution in [1.29, 1.82) is 0 Å². The SMILES string of the molecule is NC[C@@H]1O[C@H](O[C@H]2[C@@H](O)[C@H](O[C@@H]3[C@@H](O)[C@H](N)C[C@H](N)[C@H]3O[C@H]3O[C@H](CN)[C@@H](O)[C@H](O)[C@H]3N)O[C@@H]2CO)C(=O)[C@@H](O)[C@@H]1O. The zero-order valence-corrected chi connectivity index (χ0v) is 22.6. The fraction of sp³-hybridized carbons (Fsp3) is 0.957. The Balaban J connectivity index is 1.50. The van der Waals surface area contributed by atoms with Crippen molar-refractivity contribution in [2.45, 2.75) is 117 Å². The third-order valence-corrected chi connectivity index (χ3v) is 8.14. The van der Waals surface area contributed by atoms with Crippen LogP contribution in [0, 0.1) is 0 Å². The Labute approximate surface area is 240 Å². The summed E-state index contributed by atoms with van der Waals surface area (Å²) in [5.74, 6) is -1.04. The lowest BCUT2D eigenvalue weighted by molar-refractivity contribution is -0.306. The molecule has 0 spiro atoms. The van der Waals surface area contributed by atoms with E-state index in [9.17, 15) is 40.5 Å². The monoisotopic (exact) mass is 613 g/mol. The van der Waals surface area contributed by atoms with Crippen LogP contribution in [-0.2, 0) is 33.2 Å². The maximum absolute atomic E-state index is 12.5. The number of hydrogen-bond acceptors (Lipinski definition) is 19. The number of carbonyl (C=O) groups is 1. The van der Waals surface area contributed by atoms with Gasteiger partial charge in [0.25, 0.3) is 0 Å². The highest BCUT2D eigenvalue weighted by Crippen LogP contribution is 2.34. The van der Waals surface area contributed by atoms with Crippen molar-refractivity contribution >= 4 is 5.78 Å². The van der Waals surface area contributed by atoms with Crippen LogP contribution < -0.4 is 28.7 Å². The Morgan fingerprint density at radius 3 is 1.88 bits per heavy atom. The zero-order valence-electron chi connectivity index (χ0n) is 22.6. The van der Waals surface area contributed by atoms with Crippen LogP contribution in [0.15, 0.2) is 0 Å². The summed E-state index contributed by atoms with van der Waals surface area (Å²) in [5, 5.41) is 72.4. The first kappa shape index (κ1) is 33.8. The van der Waals surface area contributed by atoms with Gasteiger partial charge in [0.2, 0.25) is 12.1 Å². The topological polar surface area (TPSA) is 344 Å². The van der Waals surface area contributed by atoms with Gasteiger partial charge in [-0.3, -0.25) is 4.79 Å². The molecule has 17 N–H and O–H groups in total. The van der Waals surface area contributed by atoms with Crippen LogP contribution in [0.4, 0.5) is 0 Å². The van der Waals surface area contributed by atoms with Crippen LogP contribution in [0.2, 0.25) is 0 Å². The van der Waals surface area contributed by atoms with Crippen LogP contribution >= 0.6 is 0 Å². The predicted molar refractivity (Wildman–Crippen MR) is 135 cm³/mol. The lowest BCUT2D eigenvalue weighted by atomic mass is 9.84. The molecule has 0 bridgehead atoms. The van der Waals surface area contributed by atoms with Crippen molar-refractivity contribution < 1.29 is 69.0 Å². The minimum Gasteiger partial charge on any atom is -0.394 e. The molecule has 3 heterocycles. The fourth-order valence-corrected chi connectivity index (χ4v) is 5.57. The van der Waals surface area contributed by atoms with Gasteiger partial charge in [-0.1, -0.05) is 0 Å². The second-order valence-electron chi connectivity index (χ2n) is 11.0. The Morgan fingerprint density at radius 1 is 0.667 bits per heavy atom. The molecule has 4 aliphatic rings. The van der Waals surface area contributed by atoms with E-state index < -0.39 is 123 Å². The molecule has 1 saturated carbocycles. The number of aliphatic hydroxyl groups excluding tert-OH is 7. The van der Waals surface area contributed by atoms with E-state index in [2.05, 4.69) is 0 Å². The quantitative estimate of drug-likeness (QED) is 0.115. The van der Waals surface area contributed by atoms with E-state index in [0.717, 1.165) is 0 Å². The van der Waals surface area contributed by atoms with Crippen LogP contribution in [-0.4, -0.2) is 171 Å². The Morgan fingerprint density at radius 2 is 1.26 bits per heavy atom. The second-order valence-corrected chi connectivity index (χ2v) is 11.0. The molecule has 19 nitrogen and oxygen atoms in total. The van der Waals surface area contributed by atoms with Crippen LogP contribution in [0.25, 0.3) is 0 Å². The fourth-order valence-electron chi connectivity index (χ4n) is 5.57. The molecule has 1 aliphatic carbocycles. The molecule has 0 aromatic rings. The van der Waals surface area contributed by atoms with E-state index in [1.165, 1.54) is 0 Å². The smallest absolute Gasteiger partial charge is 0.221 e. The molecule has 18 atom stereocenters. The Hall–Kier alpha value is -1.05. The minimum atomic E-state index is -1.87. The molecule has 42 heavy (non-hydrogen) atoms. The highest BCUT2D eigenvalue weighted by Gasteiger charge is 2.54. The van der Waals surface area contributed by atoms with Crippen molar-refractivity contribution in [3.8, 4) is 0 Å². The van der Waals surface area contributed by atoms with Gasteiger partial charge in [0.1, 0.15) is 67.1 Å². The van der Waals surface area contributed by atoms with Crippen LogP contribution in [0.5, 0.6) is 0 Å². The number of aliphatic hydroxyl groups is 7. The number of ether oxygens (including phenoxy) is 6. The number of carbonyl (C=O) groups excluding carboxylic acids is 1. The minimum absolute atomic E-state index is 0.0653. The van der Waals surface area contributed by atoms with Gasteiger partial charge in [0, 0.05) is 25.2 Å². The van der Waals surface area contributed by atoms with Crippen LogP contribution in [0.3, 0.4) is 0 Å². The van der Waals surface area contributed by atoms with Crippen molar-refractivity contribution in [2.24, 2.45) is 28.7 Å². The van der Waals surface area contributed by atoms with Crippen molar-refractivity contribution in [3.05, 3.63) is 0 Å². The molecular formula is C23H43N5O14. The first-order valence-corrected chi connectivity index (χ1v) is 13.7. The molecule has 0 amide bonds. The summed E-state index contributed by atoms with van der Waals surface area (Å²) in [6.07, 6.45) is -21.6. The van der Waals surface area contributed by atoms with Crippen LogP contribution in [0.1, 0.15) is 6.42 Å². The summed E-state index contributed by atoms with van der Waals surface area (Å²) < 4.78 is 34.0. The number of ketones is 1. The molecule has 0 radical (unpaired) electrons. The second kappa shape index (κ2) is 13.9. The summed E-state index contributed by atoms with van der Waals surface area (Å²) in [6, 6.07) is -3.02. The van der Waals surface area contributed by atoms with Gasteiger partial charge in [-0.2, -0.15) is 0 Å². The molecule has 3 aliphatic heterocycles. The first-order chi connectivity index (χ1) is 19.8. The molecule has 0 unspecified atom stereocenters. The summed E-state index contributed by atoms with van der Waals surface area (Å²) >= 11 is 0. The van der Waals surface area contributed by atoms with E-state index in [4.69, 9.17) is 57.1 Å². The average Bonchev–Trinajstić information content (AvgIpc) is 3.27. The summed E-state index contributed by atoms with van der Waals surface area (Å²) in [7, 11) is 0. The Bertz CT molecular complexity index is 910. The van der Waals surface area contributed by atoms with E-state index in [1.54, 1.807) is 0 Å². The first-order valence-electron chi connectivity index (χ1n) is 13.7. The third kappa shape index (κ3) is 6.49. The van der Waals surface area contributed by atoms with E-state index in [0.29, 0.717) is 0 Å². The molecular weight excluding hydrogens is 570 g/mol. The van der Waals surface area contributed by atoms with E-state index >= 15 is 0 Å². The molecule has 0 aromatic carbocycles. The van der Waals surface area contributed by atoms with Gasteiger partial charge in [0.15, 0.2) is 12.6 Å². The third-order valence-electron chi connectivity index (χ3n) is 8.14. The van der Waals surface area contributed by atoms with Gasteiger partial charge < -0.3 is 92.8 Å². The Kier molecular flexibility index (Phi) is 11.2. The standard InChI is InChI=1S/C23H43N5O14/c24-2-7-12(31)14(33)10(28)21(37-7)40-18-6(27)1-5(26)11(30)20(18)42-23-17(36)19(9(4-29)39-23)41-22-16(35)15(34)13(32)8(3-25)38-22/h5-15,17-23,29-34,36H,1-4,24-28H2/t5-,6+,7-,8+,9-,10-,11+,12-,13-,14-,15+,17-,18-,19-,20-,21-,22-,23+/m1/s1. The predicted octanol–water partition coefficient (Wildman–Crippen LogP) is -8.65. The van der Waals surface area contributed by atoms with E-state index in [-0.39, 0.29) is 19.5 Å². The number of hydrogen-bond donors (Lipinski definition) is 12. The summed E-state index contributed by atoms with van der Waals surface area (Å²) in [4.78, 5) is 12.5. The highest BCUT2D eigenvalue weighted by atomic mass is 16.8. The highest BCUT2D eigenvalue weighted by molar-refractivity contribution is 5.87. The summed E-state index contributed by atoms with van der Waals surface area (Å²) in [5.41, 5.74) is 29.5. The van der Waals surface area contributed by atoms with Crippen molar-refractivity contribution in [1.82, 2.24) is 0 Å². The van der Waals surface area contributed by atoms with Gasteiger partial charge in [-0.05, 0) is 6.42 Å². The average molecular weight is 614 g/mol. The van der Waals surface area contributed by atoms with Gasteiger partial charge in [-0.25, -0.2) is 0 Å². The summed E-state index contributed by atoms with van der Waals surface area (Å²) in [6.45, 7) is -1.15. The van der Waals surface area contributed by atoms with Gasteiger partial charge in [-0.15, -0.1) is 0 Å². The lowest BCUT2D eigenvalue weighted by Gasteiger charge is -2.47. The molecule has 0 aromatic heterocycles. The molecule has 3 saturated heterocycles. The maximum Gasteiger partial charge on any atom is 0.221 e. The van der Waals surface area contributed by atoms with Gasteiger partial charge >= 0.3 is 0 Å². The van der Waals surface area contributed by atoms with Crippen molar-refractivity contribution in [2.75, 3.05) is 19.7 Å². The normalized spacial score (nSPS) is 52.0. The van der Waals surface area contributed by atoms with Crippen molar-refractivity contribution in [3.63, 3.8) is 0 Å². The molecule has 4 fully saturated rings. The van der Waals surface area contributed by atoms with Gasteiger partial charge in [0.05, 0.1) is 18.8 Å². The zero-order chi connectivity index (χ0) is 31.0. The molecule has 19 heteroatoms. The lowest BCUT2D eigenvalue weighted by Crippen LogP contribution is -2.68. The number of rotatable bonds is 9.